The number of para-hydroxylation sites is 2. The van der Waals surface area contributed by atoms with Crippen molar-refractivity contribution in [3.8, 4) is 0 Å². The van der Waals surface area contributed by atoms with Crippen LogP contribution in [-0.4, -0.2) is 20.4 Å². The van der Waals surface area contributed by atoms with Gasteiger partial charge in [0.05, 0.1) is 27.6 Å². The van der Waals surface area contributed by atoms with Gasteiger partial charge in [-0.2, -0.15) is 0 Å². The van der Waals surface area contributed by atoms with Crippen molar-refractivity contribution in [2.75, 3.05) is 10.6 Å². The predicted octanol–water partition coefficient (Wildman–Crippen LogP) is 6.18. The summed E-state index contributed by atoms with van der Waals surface area (Å²) in [4.78, 5) is 29.3. The molecule has 0 spiro atoms. The highest BCUT2D eigenvalue weighted by Gasteiger charge is 2.36. The first-order valence-electron chi connectivity index (χ1n) is 10.3. The molecule has 5 rings (SSSR count). The van der Waals surface area contributed by atoms with Crippen LogP contribution in [0.15, 0.2) is 78.0 Å². The zero-order chi connectivity index (χ0) is 24.0. The molecule has 0 aliphatic carbocycles. The van der Waals surface area contributed by atoms with Crippen molar-refractivity contribution in [1.82, 2.24) is 9.55 Å². The number of halogens is 2. The number of carbonyl (C=O) groups excluding carboxylic acids is 1. The smallest absolute Gasteiger partial charge is 0.269 e. The first kappa shape index (κ1) is 21.9. The maximum Gasteiger partial charge on any atom is 0.269 e. The zero-order valence-electron chi connectivity index (χ0n) is 17.8. The van der Waals surface area contributed by atoms with Gasteiger partial charge in [0.25, 0.3) is 11.6 Å². The second kappa shape index (κ2) is 8.48. The molecule has 2 N–H and O–H groups in total. The number of aromatic nitrogens is 2. The number of rotatable bonds is 4. The minimum absolute atomic E-state index is 0.126. The van der Waals surface area contributed by atoms with E-state index in [-0.39, 0.29) is 11.6 Å². The van der Waals surface area contributed by atoms with Crippen molar-refractivity contribution in [1.29, 1.82) is 0 Å². The molecule has 0 unspecified atom stereocenters. The Morgan fingerprint density at radius 1 is 1.12 bits per heavy atom. The Kier molecular flexibility index (Phi) is 5.47. The molecule has 1 aliphatic heterocycles. The topological polar surface area (TPSA) is 102 Å². The van der Waals surface area contributed by atoms with Gasteiger partial charge in [-0.1, -0.05) is 35.3 Å². The molecule has 1 aliphatic rings. The van der Waals surface area contributed by atoms with Crippen molar-refractivity contribution >= 4 is 57.5 Å². The largest absolute Gasteiger partial charge is 0.329 e. The number of hydrogen-bond acceptors (Lipinski definition) is 5. The van der Waals surface area contributed by atoms with E-state index in [0.29, 0.717) is 44.0 Å². The van der Waals surface area contributed by atoms with Crippen LogP contribution in [0.2, 0.25) is 10.0 Å². The van der Waals surface area contributed by atoms with E-state index in [0.717, 1.165) is 5.52 Å². The number of fused-ring (bicyclic) bond motifs is 3. The summed E-state index contributed by atoms with van der Waals surface area (Å²) in [5.74, 6) is 0.123. The maximum atomic E-state index is 13.6. The van der Waals surface area contributed by atoms with Gasteiger partial charge in [0.1, 0.15) is 0 Å². The lowest BCUT2D eigenvalue weighted by atomic mass is 9.93. The molecule has 1 amide bonds. The SMILES string of the molecule is CC1=C(C(=O)Nc2ccc(Cl)cc2)[C@H](c2cc([N+](=O)[O-])ccc2Cl)n2c(nc3ccccc32)N1. The maximum absolute atomic E-state index is 13.6. The zero-order valence-corrected chi connectivity index (χ0v) is 19.3. The molecule has 170 valence electrons. The average Bonchev–Trinajstić information content (AvgIpc) is 3.17. The number of imidazole rings is 1. The summed E-state index contributed by atoms with van der Waals surface area (Å²) in [7, 11) is 0. The molecule has 0 saturated carbocycles. The number of nitrogens with zero attached hydrogens (tertiary/aromatic N) is 3. The van der Waals surface area contributed by atoms with Gasteiger partial charge in [0.2, 0.25) is 5.95 Å². The summed E-state index contributed by atoms with van der Waals surface area (Å²) in [6, 6.07) is 17.7. The number of amides is 1. The fourth-order valence-electron chi connectivity index (χ4n) is 4.14. The fraction of sp³-hybridized carbons (Fsp3) is 0.0833. The molecular formula is C24H17Cl2N5O3. The molecule has 34 heavy (non-hydrogen) atoms. The van der Waals surface area contributed by atoms with E-state index in [1.165, 1.54) is 18.2 Å². The Balaban J connectivity index is 1.71. The lowest BCUT2D eigenvalue weighted by molar-refractivity contribution is -0.384. The molecule has 1 atom stereocenters. The van der Waals surface area contributed by atoms with Crippen molar-refractivity contribution in [3.63, 3.8) is 0 Å². The monoisotopic (exact) mass is 493 g/mol. The Morgan fingerprint density at radius 2 is 1.85 bits per heavy atom. The van der Waals surface area contributed by atoms with Gasteiger partial charge >= 0.3 is 0 Å². The van der Waals surface area contributed by atoms with Crippen molar-refractivity contribution < 1.29 is 9.72 Å². The third kappa shape index (κ3) is 3.76. The number of nitro groups is 1. The predicted molar refractivity (Wildman–Crippen MR) is 132 cm³/mol. The minimum Gasteiger partial charge on any atom is -0.329 e. The highest BCUT2D eigenvalue weighted by atomic mass is 35.5. The quantitative estimate of drug-likeness (QED) is 0.261. The molecule has 0 saturated heterocycles. The first-order chi connectivity index (χ1) is 16.3. The fourth-order valence-corrected chi connectivity index (χ4v) is 4.49. The molecule has 2 heterocycles. The van der Waals surface area contributed by atoms with Crippen LogP contribution in [0.3, 0.4) is 0 Å². The highest BCUT2D eigenvalue weighted by molar-refractivity contribution is 6.31. The normalized spacial score (nSPS) is 15.1. The van der Waals surface area contributed by atoms with Crippen molar-refractivity contribution in [2.24, 2.45) is 0 Å². The van der Waals surface area contributed by atoms with Crippen LogP contribution in [0.25, 0.3) is 11.0 Å². The van der Waals surface area contributed by atoms with Crippen LogP contribution in [-0.2, 0) is 4.79 Å². The molecule has 8 nitrogen and oxygen atoms in total. The number of allylic oxidation sites excluding steroid dienone is 1. The summed E-state index contributed by atoms with van der Waals surface area (Å²) in [6.45, 7) is 1.76. The van der Waals surface area contributed by atoms with Gasteiger partial charge in [0, 0.05) is 39.1 Å². The van der Waals surface area contributed by atoms with Gasteiger partial charge < -0.3 is 10.6 Å². The number of hydrogen-bond donors (Lipinski definition) is 2. The third-order valence-electron chi connectivity index (χ3n) is 5.66. The van der Waals surface area contributed by atoms with E-state index in [2.05, 4.69) is 15.6 Å². The minimum atomic E-state index is -0.761. The van der Waals surface area contributed by atoms with Crippen LogP contribution in [0.1, 0.15) is 18.5 Å². The molecular weight excluding hydrogens is 477 g/mol. The van der Waals surface area contributed by atoms with Gasteiger partial charge in [0.15, 0.2) is 0 Å². The van der Waals surface area contributed by atoms with Crippen LogP contribution in [0.5, 0.6) is 0 Å². The number of non-ortho nitro benzene ring substituents is 1. The van der Waals surface area contributed by atoms with E-state index in [1.54, 1.807) is 31.2 Å². The Morgan fingerprint density at radius 3 is 2.59 bits per heavy atom. The van der Waals surface area contributed by atoms with Crippen LogP contribution < -0.4 is 10.6 Å². The van der Waals surface area contributed by atoms with E-state index in [4.69, 9.17) is 23.2 Å². The number of nitro benzene ring substituents is 1. The summed E-state index contributed by atoms with van der Waals surface area (Å²) in [5, 5.41) is 18.5. The number of carbonyl (C=O) groups is 1. The van der Waals surface area contributed by atoms with E-state index < -0.39 is 11.0 Å². The average molecular weight is 494 g/mol. The van der Waals surface area contributed by atoms with E-state index >= 15 is 0 Å². The Hall–Kier alpha value is -3.88. The Labute approximate surface area is 204 Å². The van der Waals surface area contributed by atoms with E-state index in [1.807, 2.05) is 28.8 Å². The number of nitrogens with one attached hydrogen (secondary N) is 2. The van der Waals surface area contributed by atoms with Gasteiger partial charge in [-0.25, -0.2) is 4.98 Å². The summed E-state index contributed by atoms with van der Waals surface area (Å²) >= 11 is 12.5. The molecule has 0 bridgehead atoms. The van der Waals surface area contributed by atoms with Crippen molar-refractivity contribution in [2.45, 2.75) is 13.0 Å². The van der Waals surface area contributed by atoms with Crippen LogP contribution >= 0.6 is 23.2 Å². The van der Waals surface area contributed by atoms with Crippen LogP contribution in [0.4, 0.5) is 17.3 Å². The highest BCUT2D eigenvalue weighted by Crippen LogP contribution is 2.42. The lowest BCUT2D eigenvalue weighted by Crippen LogP contribution is -2.31. The summed E-state index contributed by atoms with van der Waals surface area (Å²) < 4.78 is 1.84. The third-order valence-corrected chi connectivity index (χ3v) is 6.26. The van der Waals surface area contributed by atoms with Gasteiger partial charge in [-0.15, -0.1) is 0 Å². The van der Waals surface area contributed by atoms with E-state index in [9.17, 15) is 14.9 Å². The lowest BCUT2D eigenvalue weighted by Gasteiger charge is -2.31. The second-order valence-electron chi connectivity index (χ2n) is 7.78. The van der Waals surface area contributed by atoms with Gasteiger partial charge in [-0.3, -0.25) is 19.5 Å². The summed E-state index contributed by atoms with van der Waals surface area (Å²) in [5.41, 5.74) is 3.22. The molecule has 0 radical (unpaired) electrons. The molecule has 10 heteroatoms. The standard InChI is InChI=1S/C24H17Cl2N5O3/c1-13-21(23(32)28-15-8-6-14(25)7-9-15)22(17-12-16(31(33)34)10-11-18(17)26)30-20-5-3-2-4-19(20)29-24(30)27-13/h2-12,22H,1H3,(H,27,29)(H,28,32)/t22-/m0/s1. The second-order valence-corrected chi connectivity index (χ2v) is 8.63. The van der Waals surface area contributed by atoms with Crippen LogP contribution in [0, 0.1) is 10.1 Å². The van der Waals surface area contributed by atoms with Crippen molar-refractivity contribution in [3.05, 3.63) is 104 Å². The van der Waals surface area contributed by atoms with Gasteiger partial charge in [-0.05, 0) is 49.4 Å². The molecule has 1 aromatic heterocycles. The molecule has 4 aromatic rings. The Bertz CT molecular complexity index is 1490. The summed E-state index contributed by atoms with van der Waals surface area (Å²) in [6.07, 6.45) is 0. The molecule has 0 fully saturated rings. The number of anilines is 2. The first-order valence-corrected chi connectivity index (χ1v) is 11.0. The number of benzene rings is 3. The molecule has 3 aromatic carbocycles.